The van der Waals surface area contributed by atoms with Gasteiger partial charge in [-0.15, -0.1) is 0 Å². The second kappa shape index (κ2) is 5.01. The molecule has 0 saturated carbocycles. The zero-order valence-corrected chi connectivity index (χ0v) is 10.8. The molecular weight excluding hydrogens is 294 g/mol. The van der Waals surface area contributed by atoms with Gasteiger partial charge < -0.3 is 0 Å². The van der Waals surface area contributed by atoms with Crippen molar-refractivity contribution in [2.45, 2.75) is 9.92 Å². The number of aromatic nitrogens is 1. The summed E-state index contributed by atoms with van der Waals surface area (Å²) < 4.78 is 1.07. The Kier molecular flexibility index (Phi) is 3.67. The van der Waals surface area contributed by atoms with Crippen LogP contribution in [-0.4, -0.2) is 4.98 Å². The summed E-state index contributed by atoms with van der Waals surface area (Å²) in [4.78, 5) is 5.35. The van der Waals surface area contributed by atoms with Crippen molar-refractivity contribution >= 4 is 39.3 Å². The van der Waals surface area contributed by atoms with Gasteiger partial charge >= 0.3 is 0 Å². The first-order valence-electron chi connectivity index (χ1n) is 4.30. The molecule has 0 atom stereocenters. The van der Waals surface area contributed by atoms with Crippen LogP contribution in [-0.2, 0) is 0 Å². The molecule has 0 fully saturated rings. The Morgan fingerprint density at radius 2 is 1.87 bits per heavy atom. The Labute approximate surface area is 106 Å². The molecule has 1 heterocycles. The first-order valence-corrected chi connectivity index (χ1v) is 6.29. The van der Waals surface area contributed by atoms with Gasteiger partial charge in [0.25, 0.3) is 0 Å². The van der Waals surface area contributed by atoms with Gasteiger partial charge in [0.15, 0.2) is 0 Å². The van der Waals surface area contributed by atoms with Gasteiger partial charge in [-0.25, -0.2) is 4.98 Å². The van der Waals surface area contributed by atoms with Gasteiger partial charge in [0.05, 0.1) is 0 Å². The van der Waals surface area contributed by atoms with Crippen molar-refractivity contribution in [3.05, 3.63) is 52.1 Å². The molecule has 2 rings (SSSR count). The molecule has 0 unspecified atom stereocenters. The SMILES string of the molecule is Clc1cccc(Sc2ccccc2Br)n1. The van der Waals surface area contributed by atoms with Gasteiger partial charge in [-0.05, 0) is 40.2 Å². The van der Waals surface area contributed by atoms with Crippen molar-refractivity contribution in [1.82, 2.24) is 4.98 Å². The standard InChI is InChI=1S/C11H7BrClNS/c12-8-4-1-2-5-9(8)15-11-7-3-6-10(13)14-11/h1-7H. The molecule has 2 aromatic rings. The minimum absolute atomic E-state index is 0.520. The van der Waals surface area contributed by atoms with Crippen LogP contribution in [0.5, 0.6) is 0 Å². The van der Waals surface area contributed by atoms with E-state index in [-0.39, 0.29) is 0 Å². The van der Waals surface area contributed by atoms with Crippen molar-refractivity contribution in [2.24, 2.45) is 0 Å². The van der Waals surface area contributed by atoms with E-state index < -0.39 is 0 Å². The second-order valence-electron chi connectivity index (χ2n) is 2.83. The molecule has 15 heavy (non-hydrogen) atoms. The molecule has 0 saturated heterocycles. The van der Waals surface area contributed by atoms with Crippen LogP contribution in [0.2, 0.25) is 5.15 Å². The summed E-state index contributed by atoms with van der Waals surface area (Å²) in [6.07, 6.45) is 0. The monoisotopic (exact) mass is 299 g/mol. The van der Waals surface area contributed by atoms with Crippen LogP contribution < -0.4 is 0 Å². The third-order valence-corrected chi connectivity index (χ3v) is 3.92. The summed E-state index contributed by atoms with van der Waals surface area (Å²) >= 11 is 10.9. The highest BCUT2D eigenvalue weighted by atomic mass is 79.9. The molecule has 1 nitrogen and oxygen atoms in total. The van der Waals surface area contributed by atoms with Gasteiger partial charge in [-0.3, -0.25) is 0 Å². The van der Waals surface area contributed by atoms with Crippen molar-refractivity contribution in [1.29, 1.82) is 0 Å². The number of halogens is 2. The fourth-order valence-corrected chi connectivity index (χ4v) is 2.66. The lowest BCUT2D eigenvalue weighted by molar-refractivity contribution is 1.13. The summed E-state index contributed by atoms with van der Waals surface area (Å²) in [5, 5.41) is 1.42. The fourth-order valence-electron chi connectivity index (χ4n) is 1.09. The summed E-state index contributed by atoms with van der Waals surface area (Å²) in [5.41, 5.74) is 0. The normalized spacial score (nSPS) is 10.3. The number of hydrogen-bond donors (Lipinski definition) is 0. The van der Waals surface area contributed by atoms with Crippen LogP contribution in [0.3, 0.4) is 0 Å². The van der Waals surface area contributed by atoms with E-state index >= 15 is 0 Å². The van der Waals surface area contributed by atoms with Crippen LogP contribution in [0, 0.1) is 0 Å². The van der Waals surface area contributed by atoms with Crippen LogP contribution in [0.15, 0.2) is 56.9 Å². The molecule has 0 radical (unpaired) electrons. The van der Waals surface area contributed by atoms with E-state index in [9.17, 15) is 0 Å². The van der Waals surface area contributed by atoms with E-state index in [0.717, 1.165) is 14.4 Å². The summed E-state index contributed by atoms with van der Waals surface area (Å²) in [6.45, 7) is 0. The van der Waals surface area contributed by atoms with Crippen molar-refractivity contribution in [3.8, 4) is 0 Å². The summed E-state index contributed by atoms with van der Waals surface area (Å²) in [6, 6.07) is 13.6. The highest BCUT2D eigenvalue weighted by Crippen LogP contribution is 2.32. The van der Waals surface area contributed by atoms with Gasteiger partial charge in [0.1, 0.15) is 10.2 Å². The van der Waals surface area contributed by atoms with Gasteiger partial charge in [-0.1, -0.05) is 41.6 Å². The predicted molar refractivity (Wildman–Crippen MR) is 67.5 cm³/mol. The topological polar surface area (TPSA) is 12.9 Å². The third-order valence-electron chi connectivity index (χ3n) is 1.74. The van der Waals surface area contributed by atoms with E-state index in [1.807, 2.05) is 36.4 Å². The maximum Gasteiger partial charge on any atom is 0.130 e. The Bertz CT molecular complexity index is 476. The zero-order chi connectivity index (χ0) is 10.7. The summed E-state index contributed by atoms with van der Waals surface area (Å²) in [5.74, 6) is 0. The molecule has 0 aliphatic rings. The van der Waals surface area contributed by atoms with Gasteiger partial charge in [0.2, 0.25) is 0 Å². The molecule has 0 spiro atoms. The fraction of sp³-hybridized carbons (Fsp3) is 0. The average Bonchev–Trinajstić information content (AvgIpc) is 2.22. The van der Waals surface area contributed by atoms with Crippen LogP contribution in [0.1, 0.15) is 0 Å². The Morgan fingerprint density at radius 3 is 2.60 bits per heavy atom. The lowest BCUT2D eigenvalue weighted by atomic mass is 10.4. The first-order chi connectivity index (χ1) is 7.25. The highest BCUT2D eigenvalue weighted by Gasteiger charge is 2.02. The molecule has 1 aromatic heterocycles. The number of nitrogens with zero attached hydrogens (tertiary/aromatic N) is 1. The third kappa shape index (κ3) is 2.97. The predicted octanol–water partition coefficient (Wildman–Crippen LogP) is 4.65. The summed E-state index contributed by atoms with van der Waals surface area (Å²) in [7, 11) is 0. The Morgan fingerprint density at radius 1 is 1.07 bits per heavy atom. The maximum absolute atomic E-state index is 5.81. The molecule has 0 aliphatic heterocycles. The average molecular weight is 301 g/mol. The molecular formula is C11H7BrClNS. The number of hydrogen-bond acceptors (Lipinski definition) is 2. The van der Waals surface area contributed by atoms with E-state index in [0.29, 0.717) is 5.15 Å². The van der Waals surface area contributed by atoms with Crippen LogP contribution in [0.25, 0.3) is 0 Å². The van der Waals surface area contributed by atoms with Gasteiger partial charge in [0, 0.05) is 9.37 Å². The van der Waals surface area contributed by atoms with E-state index in [1.54, 1.807) is 17.8 Å². The van der Waals surface area contributed by atoms with E-state index in [2.05, 4.69) is 20.9 Å². The Balaban J connectivity index is 2.26. The highest BCUT2D eigenvalue weighted by molar-refractivity contribution is 9.10. The lowest BCUT2D eigenvalue weighted by Gasteiger charge is -2.02. The molecule has 76 valence electrons. The molecule has 4 heteroatoms. The molecule has 1 aromatic carbocycles. The van der Waals surface area contributed by atoms with Crippen LogP contribution >= 0.6 is 39.3 Å². The molecule has 0 N–H and O–H groups in total. The second-order valence-corrected chi connectivity index (χ2v) is 5.13. The minimum Gasteiger partial charge on any atom is -0.229 e. The number of rotatable bonds is 2. The van der Waals surface area contributed by atoms with E-state index in [1.165, 1.54) is 0 Å². The smallest absolute Gasteiger partial charge is 0.130 e. The van der Waals surface area contributed by atoms with Crippen LogP contribution in [0.4, 0.5) is 0 Å². The number of benzene rings is 1. The lowest BCUT2D eigenvalue weighted by Crippen LogP contribution is -1.80. The van der Waals surface area contributed by atoms with E-state index in [4.69, 9.17) is 11.6 Å². The van der Waals surface area contributed by atoms with Crippen molar-refractivity contribution < 1.29 is 0 Å². The first kappa shape index (κ1) is 11.0. The minimum atomic E-state index is 0.520. The maximum atomic E-state index is 5.81. The Hall–Kier alpha value is -0.510. The van der Waals surface area contributed by atoms with Crippen molar-refractivity contribution in [3.63, 3.8) is 0 Å². The molecule has 0 bridgehead atoms. The molecule has 0 aliphatic carbocycles. The number of pyridine rings is 1. The molecule has 0 amide bonds. The zero-order valence-electron chi connectivity index (χ0n) is 7.65. The van der Waals surface area contributed by atoms with Gasteiger partial charge in [-0.2, -0.15) is 0 Å². The quantitative estimate of drug-likeness (QED) is 0.749. The largest absolute Gasteiger partial charge is 0.229 e. The van der Waals surface area contributed by atoms with Crippen molar-refractivity contribution in [2.75, 3.05) is 0 Å².